The van der Waals surface area contributed by atoms with Crippen LogP contribution in [0.15, 0.2) is 12.1 Å². The molecule has 0 atom stereocenters. The zero-order valence-electron chi connectivity index (χ0n) is 9.96. The van der Waals surface area contributed by atoms with Crippen LogP contribution in [0, 0.1) is 5.82 Å². The topological polar surface area (TPSA) is 44.5 Å². The lowest BCUT2D eigenvalue weighted by atomic mass is 10.1. The number of aryl methyl sites for hydroxylation is 1. The molecule has 0 radical (unpaired) electrons. The van der Waals surface area contributed by atoms with E-state index in [4.69, 9.17) is 27.4 Å². The van der Waals surface area contributed by atoms with Gasteiger partial charge in [-0.25, -0.2) is 4.39 Å². The summed E-state index contributed by atoms with van der Waals surface area (Å²) in [5.41, 5.74) is 5.97. The maximum atomic E-state index is 13.7. The SMILES string of the molecule is COc1cc(F)c(CCCC(N)=S)cc1OC. The number of methoxy groups -OCH3 is 2. The van der Waals surface area contributed by atoms with E-state index in [2.05, 4.69) is 0 Å². The highest BCUT2D eigenvalue weighted by atomic mass is 32.1. The smallest absolute Gasteiger partial charge is 0.163 e. The molecule has 0 aromatic heterocycles. The van der Waals surface area contributed by atoms with E-state index in [1.54, 1.807) is 6.07 Å². The summed E-state index contributed by atoms with van der Waals surface area (Å²) in [6, 6.07) is 2.97. The first-order valence-corrected chi connectivity index (χ1v) is 5.68. The largest absolute Gasteiger partial charge is 0.493 e. The Kier molecular flexibility index (Phi) is 5.15. The fourth-order valence-corrected chi connectivity index (χ4v) is 1.69. The molecule has 0 amide bonds. The Balaban J connectivity index is 2.81. The molecule has 0 unspecified atom stereocenters. The molecule has 0 aliphatic heterocycles. The predicted octanol–water partition coefficient (Wildman–Crippen LogP) is 2.45. The Bertz CT molecular complexity index is 410. The molecular formula is C12H16FNO2S. The molecule has 0 heterocycles. The molecule has 17 heavy (non-hydrogen) atoms. The molecule has 0 bridgehead atoms. The lowest BCUT2D eigenvalue weighted by Gasteiger charge is -2.10. The van der Waals surface area contributed by atoms with Gasteiger partial charge >= 0.3 is 0 Å². The van der Waals surface area contributed by atoms with Gasteiger partial charge in [0.1, 0.15) is 5.82 Å². The van der Waals surface area contributed by atoms with Crippen LogP contribution in [0.3, 0.4) is 0 Å². The van der Waals surface area contributed by atoms with Gasteiger partial charge in [0, 0.05) is 6.07 Å². The third kappa shape index (κ3) is 3.85. The molecule has 0 aliphatic carbocycles. The first kappa shape index (κ1) is 13.7. The van der Waals surface area contributed by atoms with E-state index >= 15 is 0 Å². The van der Waals surface area contributed by atoms with Crippen LogP contribution in [0.25, 0.3) is 0 Å². The number of halogens is 1. The summed E-state index contributed by atoms with van der Waals surface area (Å²) in [6.07, 6.45) is 1.91. The number of hydrogen-bond acceptors (Lipinski definition) is 3. The van der Waals surface area contributed by atoms with E-state index in [-0.39, 0.29) is 5.82 Å². The predicted molar refractivity (Wildman–Crippen MR) is 69.2 cm³/mol. The van der Waals surface area contributed by atoms with Crippen molar-refractivity contribution in [3.63, 3.8) is 0 Å². The zero-order valence-corrected chi connectivity index (χ0v) is 10.8. The van der Waals surface area contributed by atoms with Crippen molar-refractivity contribution in [2.75, 3.05) is 14.2 Å². The number of nitrogens with two attached hydrogens (primary N) is 1. The van der Waals surface area contributed by atoms with Gasteiger partial charge in [-0.3, -0.25) is 0 Å². The average Bonchev–Trinajstić information content (AvgIpc) is 2.30. The van der Waals surface area contributed by atoms with Gasteiger partial charge in [0.2, 0.25) is 0 Å². The van der Waals surface area contributed by atoms with Crippen molar-refractivity contribution in [1.82, 2.24) is 0 Å². The van der Waals surface area contributed by atoms with Crippen LogP contribution < -0.4 is 15.2 Å². The molecule has 94 valence electrons. The molecule has 1 rings (SSSR count). The van der Waals surface area contributed by atoms with Crippen LogP contribution in [0.5, 0.6) is 11.5 Å². The Labute approximate surface area is 106 Å². The maximum Gasteiger partial charge on any atom is 0.163 e. The van der Waals surface area contributed by atoms with E-state index in [0.29, 0.717) is 34.9 Å². The van der Waals surface area contributed by atoms with E-state index < -0.39 is 0 Å². The summed E-state index contributed by atoms with van der Waals surface area (Å²) in [7, 11) is 3.00. The van der Waals surface area contributed by atoms with Gasteiger partial charge in [0.25, 0.3) is 0 Å². The highest BCUT2D eigenvalue weighted by molar-refractivity contribution is 7.80. The Morgan fingerprint density at radius 3 is 2.41 bits per heavy atom. The van der Waals surface area contributed by atoms with Crippen LogP contribution in [0.2, 0.25) is 0 Å². The number of benzene rings is 1. The number of rotatable bonds is 6. The lowest BCUT2D eigenvalue weighted by Crippen LogP contribution is -2.07. The minimum atomic E-state index is -0.300. The van der Waals surface area contributed by atoms with Crippen LogP contribution in [0.4, 0.5) is 4.39 Å². The van der Waals surface area contributed by atoms with Gasteiger partial charge < -0.3 is 15.2 Å². The Hall–Kier alpha value is -1.36. The third-order valence-electron chi connectivity index (χ3n) is 2.42. The molecule has 0 saturated heterocycles. The minimum absolute atomic E-state index is 0.300. The molecule has 0 spiro atoms. The van der Waals surface area contributed by atoms with E-state index in [9.17, 15) is 4.39 Å². The second-order valence-electron chi connectivity index (χ2n) is 3.62. The van der Waals surface area contributed by atoms with Crippen molar-refractivity contribution in [2.45, 2.75) is 19.3 Å². The van der Waals surface area contributed by atoms with Crippen molar-refractivity contribution < 1.29 is 13.9 Å². The summed E-state index contributed by atoms with van der Waals surface area (Å²) >= 11 is 4.77. The first-order chi connectivity index (χ1) is 8.08. The lowest BCUT2D eigenvalue weighted by molar-refractivity contribution is 0.351. The average molecular weight is 257 g/mol. The summed E-state index contributed by atoms with van der Waals surface area (Å²) in [5.74, 6) is 0.618. The summed E-state index contributed by atoms with van der Waals surface area (Å²) < 4.78 is 23.8. The monoisotopic (exact) mass is 257 g/mol. The van der Waals surface area contributed by atoms with Crippen molar-refractivity contribution in [2.24, 2.45) is 5.73 Å². The molecule has 2 N–H and O–H groups in total. The van der Waals surface area contributed by atoms with Crippen LogP contribution in [-0.4, -0.2) is 19.2 Å². The molecule has 0 saturated carbocycles. The highest BCUT2D eigenvalue weighted by Gasteiger charge is 2.10. The van der Waals surface area contributed by atoms with Crippen molar-refractivity contribution in [1.29, 1.82) is 0 Å². The highest BCUT2D eigenvalue weighted by Crippen LogP contribution is 2.30. The molecule has 5 heteroatoms. The third-order valence-corrected chi connectivity index (χ3v) is 2.63. The van der Waals surface area contributed by atoms with Crippen LogP contribution >= 0.6 is 12.2 Å². The minimum Gasteiger partial charge on any atom is -0.493 e. The van der Waals surface area contributed by atoms with Gasteiger partial charge in [-0.1, -0.05) is 12.2 Å². The van der Waals surface area contributed by atoms with E-state index in [0.717, 1.165) is 6.42 Å². The van der Waals surface area contributed by atoms with Gasteiger partial charge in [-0.05, 0) is 30.9 Å². The van der Waals surface area contributed by atoms with Crippen molar-refractivity contribution >= 4 is 17.2 Å². The number of ether oxygens (including phenoxy) is 2. The Morgan fingerprint density at radius 2 is 1.88 bits per heavy atom. The number of thiocarbonyl (C=S) groups is 1. The first-order valence-electron chi connectivity index (χ1n) is 5.27. The van der Waals surface area contributed by atoms with E-state index in [1.807, 2.05) is 0 Å². The molecule has 1 aromatic rings. The second-order valence-corrected chi connectivity index (χ2v) is 4.14. The quantitative estimate of drug-likeness (QED) is 0.795. The number of hydrogen-bond donors (Lipinski definition) is 1. The fraction of sp³-hybridized carbons (Fsp3) is 0.417. The van der Waals surface area contributed by atoms with Gasteiger partial charge in [-0.2, -0.15) is 0 Å². The summed E-state index contributed by atoms with van der Waals surface area (Å²) in [5, 5.41) is 0. The standard InChI is InChI=1S/C12H16FNO2S/c1-15-10-6-8(4-3-5-12(14)17)9(13)7-11(10)16-2/h6-7H,3-5H2,1-2H3,(H2,14,17). The summed E-state index contributed by atoms with van der Waals surface area (Å²) in [6.45, 7) is 0. The second kappa shape index (κ2) is 6.39. The molecule has 3 nitrogen and oxygen atoms in total. The molecular weight excluding hydrogens is 241 g/mol. The molecule has 0 aliphatic rings. The van der Waals surface area contributed by atoms with Crippen LogP contribution in [-0.2, 0) is 6.42 Å². The molecule has 1 aromatic carbocycles. The normalized spacial score (nSPS) is 10.1. The maximum absolute atomic E-state index is 13.7. The molecule has 0 fully saturated rings. The van der Waals surface area contributed by atoms with Crippen molar-refractivity contribution in [3.05, 3.63) is 23.5 Å². The van der Waals surface area contributed by atoms with Gasteiger partial charge in [-0.15, -0.1) is 0 Å². The summed E-state index contributed by atoms with van der Waals surface area (Å²) in [4.78, 5) is 0.450. The Morgan fingerprint density at radius 1 is 1.29 bits per heavy atom. The zero-order chi connectivity index (χ0) is 12.8. The van der Waals surface area contributed by atoms with Crippen LogP contribution in [0.1, 0.15) is 18.4 Å². The van der Waals surface area contributed by atoms with Gasteiger partial charge in [0.05, 0.1) is 19.2 Å². The van der Waals surface area contributed by atoms with Gasteiger partial charge in [0.15, 0.2) is 11.5 Å². The fourth-order valence-electron chi connectivity index (χ4n) is 1.54. The van der Waals surface area contributed by atoms with Crippen molar-refractivity contribution in [3.8, 4) is 11.5 Å². The van der Waals surface area contributed by atoms with E-state index in [1.165, 1.54) is 20.3 Å².